The van der Waals surface area contributed by atoms with Gasteiger partial charge in [-0.2, -0.15) is 13.2 Å². The molecule has 0 spiro atoms. The van der Waals surface area contributed by atoms with Crippen molar-refractivity contribution >= 4 is 15.9 Å². The van der Waals surface area contributed by atoms with Crippen LogP contribution in [-0.4, -0.2) is 6.61 Å². The van der Waals surface area contributed by atoms with Gasteiger partial charge in [0.15, 0.2) is 0 Å². The molecule has 0 aromatic heterocycles. The van der Waals surface area contributed by atoms with Gasteiger partial charge in [-0.25, -0.2) is 0 Å². The van der Waals surface area contributed by atoms with Crippen LogP contribution in [0.4, 0.5) is 13.2 Å². The van der Waals surface area contributed by atoms with E-state index in [-0.39, 0.29) is 12.4 Å². The van der Waals surface area contributed by atoms with Crippen molar-refractivity contribution in [1.29, 1.82) is 0 Å². The van der Waals surface area contributed by atoms with E-state index < -0.39 is 11.7 Å². The lowest BCUT2D eigenvalue weighted by Crippen LogP contribution is -2.08. The highest BCUT2D eigenvalue weighted by Gasteiger charge is 2.34. The second kappa shape index (κ2) is 4.58. The van der Waals surface area contributed by atoms with E-state index >= 15 is 0 Å². The van der Waals surface area contributed by atoms with E-state index in [1.165, 1.54) is 12.1 Å². The van der Waals surface area contributed by atoms with Gasteiger partial charge in [0.1, 0.15) is 12.4 Å². The van der Waals surface area contributed by atoms with E-state index in [1.54, 1.807) is 0 Å². The standard InChI is InChI=1S/C10H6BrF3O/c1-2-5-15-9-6-7(11)3-4-8(9)10(12,13)14/h1,3-4,6H,5H2. The summed E-state index contributed by atoms with van der Waals surface area (Å²) in [5, 5.41) is 0. The van der Waals surface area contributed by atoms with Crippen LogP contribution >= 0.6 is 15.9 Å². The first kappa shape index (κ1) is 11.9. The number of ether oxygens (including phenoxy) is 1. The van der Waals surface area contributed by atoms with Gasteiger partial charge in [0.25, 0.3) is 0 Å². The molecule has 0 radical (unpaired) electrons. The summed E-state index contributed by atoms with van der Waals surface area (Å²) in [6.45, 7) is -0.195. The van der Waals surface area contributed by atoms with E-state index in [4.69, 9.17) is 11.2 Å². The molecule has 1 rings (SSSR count). The van der Waals surface area contributed by atoms with Gasteiger partial charge >= 0.3 is 6.18 Å². The second-order valence-corrected chi connectivity index (χ2v) is 3.55. The van der Waals surface area contributed by atoms with E-state index in [0.717, 1.165) is 6.07 Å². The summed E-state index contributed by atoms with van der Waals surface area (Å²) in [5.74, 6) is 1.84. The van der Waals surface area contributed by atoms with Crippen molar-refractivity contribution in [3.8, 4) is 18.1 Å². The molecular weight excluding hydrogens is 273 g/mol. The minimum Gasteiger partial charge on any atom is -0.480 e. The third-order valence-corrected chi connectivity index (χ3v) is 2.05. The first-order valence-electron chi connectivity index (χ1n) is 3.88. The van der Waals surface area contributed by atoms with Crippen LogP contribution in [0.2, 0.25) is 0 Å². The fourth-order valence-corrected chi connectivity index (χ4v) is 1.31. The van der Waals surface area contributed by atoms with Crippen molar-refractivity contribution in [2.45, 2.75) is 6.18 Å². The Kier molecular flexibility index (Phi) is 3.64. The highest BCUT2D eigenvalue weighted by Crippen LogP contribution is 2.37. The van der Waals surface area contributed by atoms with Crippen LogP contribution in [0, 0.1) is 12.3 Å². The number of hydrogen-bond donors (Lipinski definition) is 0. The van der Waals surface area contributed by atoms with Crippen LogP contribution in [0.15, 0.2) is 22.7 Å². The molecule has 0 saturated carbocycles. The average Bonchev–Trinajstić information content (AvgIpc) is 2.12. The monoisotopic (exact) mass is 278 g/mol. The van der Waals surface area contributed by atoms with Gasteiger partial charge in [-0.05, 0) is 18.2 Å². The first-order chi connectivity index (χ1) is 6.95. The maximum atomic E-state index is 12.5. The maximum absolute atomic E-state index is 12.5. The van der Waals surface area contributed by atoms with Gasteiger partial charge < -0.3 is 4.74 Å². The molecule has 0 aliphatic heterocycles. The predicted octanol–water partition coefficient (Wildman–Crippen LogP) is 3.48. The Morgan fingerprint density at radius 1 is 1.40 bits per heavy atom. The van der Waals surface area contributed by atoms with Gasteiger partial charge in [-0.15, -0.1) is 6.42 Å². The Bertz CT molecular complexity index is 393. The summed E-state index contributed by atoms with van der Waals surface area (Å²) in [4.78, 5) is 0. The van der Waals surface area contributed by atoms with Crippen molar-refractivity contribution in [1.82, 2.24) is 0 Å². The zero-order valence-electron chi connectivity index (χ0n) is 7.44. The summed E-state index contributed by atoms with van der Waals surface area (Å²) < 4.78 is 42.7. The summed E-state index contributed by atoms with van der Waals surface area (Å²) in [7, 11) is 0. The molecule has 0 atom stereocenters. The lowest BCUT2D eigenvalue weighted by atomic mass is 10.2. The third-order valence-electron chi connectivity index (χ3n) is 1.56. The molecule has 0 aliphatic carbocycles. The molecule has 1 nitrogen and oxygen atoms in total. The van der Waals surface area contributed by atoms with Crippen LogP contribution in [-0.2, 0) is 6.18 Å². The van der Waals surface area contributed by atoms with Gasteiger partial charge in [-0.1, -0.05) is 21.9 Å². The van der Waals surface area contributed by atoms with Crippen molar-refractivity contribution in [2.24, 2.45) is 0 Å². The molecule has 15 heavy (non-hydrogen) atoms. The Balaban J connectivity index is 3.10. The van der Waals surface area contributed by atoms with Crippen LogP contribution in [0.1, 0.15) is 5.56 Å². The lowest BCUT2D eigenvalue weighted by Gasteiger charge is -2.12. The van der Waals surface area contributed by atoms with Crippen LogP contribution in [0.3, 0.4) is 0 Å². The molecule has 0 N–H and O–H groups in total. The fourth-order valence-electron chi connectivity index (χ4n) is 0.969. The van der Waals surface area contributed by atoms with Crippen molar-refractivity contribution in [3.63, 3.8) is 0 Å². The molecule has 5 heteroatoms. The molecule has 0 fully saturated rings. The predicted molar refractivity (Wildman–Crippen MR) is 53.5 cm³/mol. The highest BCUT2D eigenvalue weighted by atomic mass is 79.9. The van der Waals surface area contributed by atoms with E-state index in [2.05, 4.69) is 21.9 Å². The molecule has 0 heterocycles. The topological polar surface area (TPSA) is 9.23 Å². The molecule has 0 saturated heterocycles. The summed E-state index contributed by atoms with van der Waals surface area (Å²) in [6, 6.07) is 3.47. The zero-order chi connectivity index (χ0) is 11.5. The average molecular weight is 279 g/mol. The molecule has 0 bridgehead atoms. The van der Waals surface area contributed by atoms with Crippen LogP contribution in [0.25, 0.3) is 0 Å². The molecule has 80 valence electrons. The number of hydrogen-bond acceptors (Lipinski definition) is 1. The van der Waals surface area contributed by atoms with Crippen molar-refractivity contribution in [2.75, 3.05) is 6.61 Å². The van der Waals surface area contributed by atoms with Gasteiger partial charge in [-0.3, -0.25) is 0 Å². The number of benzene rings is 1. The quantitative estimate of drug-likeness (QED) is 0.753. The highest BCUT2D eigenvalue weighted by molar-refractivity contribution is 9.10. The minimum atomic E-state index is -4.44. The fraction of sp³-hybridized carbons (Fsp3) is 0.200. The normalized spacial score (nSPS) is 10.9. The van der Waals surface area contributed by atoms with Crippen molar-refractivity contribution in [3.05, 3.63) is 28.2 Å². The van der Waals surface area contributed by atoms with E-state index in [9.17, 15) is 13.2 Å². The number of alkyl halides is 3. The molecule has 1 aromatic carbocycles. The lowest BCUT2D eigenvalue weighted by molar-refractivity contribution is -0.138. The number of halogens is 4. The van der Waals surface area contributed by atoms with Crippen LogP contribution in [0.5, 0.6) is 5.75 Å². The minimum absolute atomic E-state index is 0.195. The maximum Gasteiger partial charge on any atom is 0.419 e. The molecule has 0 unspecified atom stereocenters. The Labute approximate surface area is 93.4 Å². The Hall–Kier alpha value is -1.15. The second-order valence-electron chi connectivity index (χ2n) is 2.63. The van der Waals surface area contributed by atoms with Crippen LogP contribution < -0.4 is 4.74 Å². The summed E-state index contributed by atoms with van der Waals surface area (Å²) >= 11 is 3.06. The summed E-state index contributed by atoms with van der Waals surface area (Å²) in [5.41, 5.74) is -0.832. The largest absolute Gasteiger partial charge is 0.480 e. The van der Waals surface area contributed by atoms with Gasteiger partial charge in [0.2, 0.25) is 0 Å². The molecular formula is C10H6BrF3O. The summed E-state index contributed by atoms with van der Waals surface area (Å²) in [6.07, 6.45) is 0.466. The third kappa shape index (κ3) is 3.17. The number of terminal acetylenes is 1. The molecule has 1 aromatic rings. The Morgan fingerprint density at radius 2 is 2.07 bits per heavy atom. The molecule has 0 aliphatic rings. The van der Waals surface area contributed by atoms with E-state index in [0.29, 0.717) is 4.47 Å². The van der Waals surface area contributed by atoms with Gasteiger partial charge in [0.05, 0.1) is 5.56 Å². The smallest absolute Gasteiger partial charge is 0.419 e. The SMILES string of the molecule is C#CCOc1cc(Br)ccc1C(F)(F)F. The Morgan fingerprint density at radius 3 is 2.60 bits per heavy atom. The van der Waals surface area contributed by atoms with E-state index in [1.807, 2.05) is 0 Å². The van der Waals surface area contributed by atoms with Crippen molar-refractivity contribution < 1.29 is 17.9 Å². The van der Waals surface area contributed by atoms with Gasteiger partial charge in [0, 0.05) is 4.47 Å². The first-order valence-corrected chi connectivity index (χ1v) is 4.67. The molecule has 0 amide bonds. The number of rotatable bonds is 2. The zero-order valence-corrected chi connectivity index (χ0v) is 9.02.